The number of nitrogens with two attached hydrogens (primary N) is 1. The molecular weight excluding hydrogens is 238 g/mol. The Labute approximate surface area is 116 Å². The van der Waals surface area contributed by atoms with Gasteiger partial charge in [0.15, 0.2) is 0 Å². The van der Waals surface area contributed by atoms with Crippen LogP contribution in [0.4, 0.5) is 11.5 Å². The molecule has 108 valence electrons. The van der Waals surface area contributed by atoms with Gasteiger partial charge in [0.25, 0.3) is 0 Å². The van der Waals surface area contributed by atoms with Gasteiger partial charge in [-0.1, -0.05) is 13.3 Å². The third-order valence-electron chi connectivity index (χ3n) is 2.63. The molecule has 0 aliphatic rings. The zero-order valence-electron chi connectivity index (χ0n) is 13.0. The van der Waals surface area contributed by atoms with E-state index in [1.807, 2.05) is 32.9 Å². The summed E-state index contributed by atoms with van der Waals surface area (Å²) in [5.41, 5.74) is 6.17. The number of nitrogens with one attached hydrogen (secondary N) is 1. The Balaban J connectivity index is 2.90. The van der Waals surface area contributed by atoms with Gasteiger partial charge in [0.1, 0.15) is 11.4 Å². The fourth-order valence-electron chi connectivity index (χ4n) is 1.93. The quantitative estimate of drug-likeness (QED) is 0.849. The van der Waals surface area contributed by atoms with Crippen LogP contribution in [0.3, 0.4) is 0 Å². The number of rotatable bonds is 5. The van der Waals surface area contributed by atoms with Crippen LogP contribution in [0.25, 0.3) is 0 Å². The first-order chi connectivity index (χ1) is 8.63. The van der Waals surface area contributed by atoms with Gasteiger partial charge in [-0.2, -0.15) is 4.98 Å². The fraction of sp³-hybridized carbons (Fsp3) is 0.667. The largest absolute Gasteiger partial charge is 0.470 e. The van der Waals surface area contributed by atoms with Crippen molar-refractivity contribution in [1.29, 1.82) is 0 Å². The van der Waals surface area contributed by atoms with E-state index in [1.54, 1.807) is 0 Å². The summed E-state index contributed by atoms with van der Waals surface area (Å²) in [5.74, 6) is 1.29. The second kappa shape index (κ2) is 5.68. The minimum atomic E-state index is -0.307. The van der Waals surface area contributed by atoms with Gasteiger partial charge in [0.05, 0.1) is 5.69 Å². The molecule has 0 bridgehead atoms. The van der Waals surface area contributed by atoms with Crippen molar-refractivity contribution in [3.63, 3.8) is 0 Å². The summed E-state index contributed by atoms with van der Waals surface area (Å²) in [7, 11) is 0. The van der Waals surface area contributed by atoms with E-state index in [9.17, 15) is 0 Å². The zero-order valence-corrected chi connectivity index (χ0v) is 13.0. The molecule has 19 heavy (non-hydrogen) atoms. The SMILES string of the molecule is CCCC(C)(C)Nc1ccc(N)c(OC(C)(C)C)n1. The smallest absolute Gasteiger partial charge is 0.239 e. The van der Waals surface area contributed by atoms with E-state index in [2.05, 4.69) is 31.1 Å². The zero-order chi connectivity index (χ0) is 14.7. The minimum absolute atomic E-state index is 0.0108. The normalized spacial score (nSPS) is 12.3. The van der Waals surface area contributed by atoms with Crippen LogP contribution < -0.4 is 15.8 Å². The summed E-state index contributed by atoms with van der Waals surface area (Å²) >= 11 is 0. The summed E-state index contributed by atoms with van der Waals surface area (Å²) in [6.45, 7) is 12.4. The lowest BCUT2D eigenvalue weighted by molar-refractivity contribution is 0.125. The first-order valence-corrected chi connectivity index (χ1v) is 6.87. The second-order valence-electron chi connectivity index (χ2n) is 6.56. The molecule has 0 unspecified atom stereocenters. The highest BCUT2D eigenvalue weighted by atomic mass is 16.5. The van der Waals surface area contributed by atoms with E-state index in [1.165, 1.54) is 0 Å². The maximum atomic E-state index is 5.90. The average Bonchev–Trinajstić information content (AvgIpc) is 2.20. The number of hydrogen-bond donors (Lipinski definition) is 2. The molecule has 1 aromatic rings. The van der Waals surface area contributed by atoms with Gasteiger partial charge < -0.3 is 15.8 Å². The molecule has 0 radical (unpaired) electrons. The van der Waals surface area contributed by atoms with Gasteiger partial charge in [-0.15, -0.1) is 0 Å². The average molecular weight is 265 g/mol. The first kappa shape index (κ1) is 15.6. The molecule has 1 aromatic heterocycles. The maximum absolute atomic E-state index is 5.90. The predicted molar refractivity (Wildman–Crippen MR) is 81.6 cm³/mol. The molecule has 0 spiro atoms. The van der Waals surface area contributed by atoms with Crippen molar-refractivity contribution in [2.75, 3.05) is 11.1 Å². The molecule has 1 heterocycles. The van der Waals surface area contributed by atoms with Crippen LogP contribution in [0, 0.1) is 0 Å². The summed E-state index contributed by atoms with van der Waals surface area (Å²) < 4.78 is 5.77. The Hall–Kier alpha value is -1.45. The standard InChI is InChI=1S/C15H27N3O/c1-7-10-15(5,6)18-12-9-8-11(16)13(17-12)19-14(2,3)4/h8-9H,7,10,16H2,1-6H3,(H,17,18). The third-order valence-corrected chi connectivity index (χ3v) is 2.63. The number of pyridine rings is 1. The molecule has 3 N–H and O–H groups in total. The van der Waals surface area contributed by atoms with Crippen molar-refractivity contribution < 1.29 is 4.74 Å². The van der Waals surface area contributed by atoms with Gasteiger partial charge in [0.2, 0.25) is 5.88 Å². The van der Waals surface area contributed by atoms with Crippen LogP contribution >= 0.6 is 0 Å². The fourth-order valence-corrected chi connectivity index (χ4v) is 1.93. The van der Waals surface area contributed by atoms with Crippen molar-refractivity contribution in [2.24, 2.45) is 0 Å². The van der Waals surface area contributed by atoms with Crippen LogP contribution in [0.15, 0.2) is 12.1 Å². The number of aromatic nitrogens is 1. The maximum Gasteiger partial charge on any atom is 0.239 e. The number of ether oxygens (including phenoxy) is 1. The summed E-state index contributed by atoms with van der Waals surface area (Å²) in [4.78, 5) is 4.47. The highest BCUT2D eigenvalue weighted by molar-refractivity contribution is 5.54. The lowest BCUT2D eigenvalue weighted by Gasteiger charge is -2.27. The molecule has 0 fully saturated rings. The van der Waals surface area contributed by atoms with Crippen molar-refractivity contribution in [2.45, 2.75) is 65.5 Å². The van der Waals surface area contributed by atoms with E-state index in [-0.39, 0.29) is 11.1 Å². The molecular formula is C15H27N3O. The highest BCUT2D eigenvalue weighted by Crippen LogP contribution is 2.26. The van der Waals surface area contributed by atoms with E-state index < -0.39 is 0 Å². The highest BCUT2D eigenvalue weighted by Gasteiger charge is 2.19. The Morgan fingerprint density at radius 3 is 2.37 bits per heavy atom. The Bertz CT molecular complexity index is 422. The van der Waals surface area contributed by atoms with Crippen molar-refractivity contribution in [3.05, 3.63) is 12.1 Å². The Kier molecular flexibility index (Phi) is 4.66. The van der Waals surface area contributed by atoms with Gasteiger partial charge in [-0.25, -0.2) is 0 Å². The van der Waals surface area contributed by atoms with Crippen LogP contribution in [-0.2, 0) is 0 Å². The van der Waals surface area contributed by atoms with Crippen LogP contribution in [0.1, 0.15) is 54.4 Å². The van der Waals surface area contributed by atoms with Crippen molar-refractivity contribution in [1.82, 2.24) is 4.98 Å². The van der Waals surface area contributed by atoms with Crippen molar-refractivity contribution in [3.8, 4) is 5.88 Å². The van der Waals surface area contributed by atoms with Crippen LogP contribution in [0.2, 0.25) is 0 Å². The molecule has 0 amide bonds. The Morgan fingerprint density at radius 1 is 1.21 bits per heavy atom. The molecule has 0 saturated heterocycles. The predicted octanol–water partition coefficient (Wildman–Crippen LogP) is 3.83. The molecule has 0 atom stereocenters. The molecule has 0 aromatic carbocycles. The monoisotopic (exact) mass is 265 g/mol. The van der Waals surface area contributed by atoms with E-state index in [0.29, 0.717) is 11.6 Å². The Morgan fingerprint density at radius 2 is 1.84 bits per heavy atom. The molecule has 0 aliphatic carbocycles. The van der Waals surface area contributed by atoms with E-state index in [0.717, 1.165) is 18.7 Å². The van der Waals surface area contributed by atoms with E-state index in [4.69, 9.17) is 10.5 Å². The summed E-state index contributed by atoms with van der Waals surface area (Å²) in [5, 5.41) is 3.43. The van der Waals surface area contributed by atoms with E-state index >= 15 is 0 Å². The molecule has 4 nitrogen and oxygen atoms in total. The van der Waals surface area contributed by atoms with Crippen molar-refractivity contribution >= 4 is 11.5 Å². The third kappa shape index (κ3) is 5.37. The van der Waals surface area contributed by atoms with Gasteiger partial charge in [-0.3, -0.25) is 0 Å². The molecule has 0 saturated carbocycles. The number of nitrogens with zero attached hydrogens (tertiary/aromatic N) is 1. The summed E-state index contributed by atoms with van der Waals surface area (Å²) in [6, 6.07) is 3.72. The van der Waals surface area contributed by atoms with Gasteiger partial charge in [-0.05, 0) is 53.2 Å². The topological polar surface area (TPSA) is 60.2 Å². The number of hydrogen-bond acceptors (Lipinski definition) is 4. The molecule has 1 rings (SSSR count). The molecule has 0 aliphatic heterocycles. The number of anilines is 2. The molecule has 4 heteroatoms. The lowest BCUT2D eigenvalue weighted by Crippen LogP contribution is -2.31. The lowest BCUT2D eigenvalue weighted by atomic mass is 9.99. The van der Waals surface area contributed by atoms with Gasteiger partial charge in [0, 0.05) is 5.54 Å². The summed E-state index contributed by atoms with van der Waals surface area (Å²) in [6.07, 6.45) is 2.20. The second-order valence-corrected chi connectivity index (χ2v) is 6.56. The first-order valence-electron chi connectivity index (χ1n) is 6.87. The van der Waals surface area contributed by atoms with Crippen LogP contribution in [-0.4, -0.2) is 16.1 Å². The number of nitrogen functional groups attached to an aromatic ring is 1. The minimum Gasteiger partial charge on any atom is -0.470 e. The van der Waals surface area contributed by atoms with Gasteiger partial charge >= 0.3 is 0 Å². The van der Waals surface area contributed by atoms with Crippen LogP contribution in [0.5, 0.6) is 5.88 Å².